The lowest BCUT2D eigenvalue weighted by Gasteiger charge is -2.18. The summed E-state index contributed by atoms with van der Waals surface area (Å²) in [5.41, 5.74) is 2.66. The molecule has 1 saturated heterocycles. The molecule has 0 bridgehead atoms. The molecule has 0 unspecified atom stereocenters. The predicted octanol–water partition coefficient (Wildman–Crippen LogP) is 2.79. The predicted molar refractivity (Wildman–Crippen MR) is 99.5 cm³/mol. The molecule has 0 spiro atoms. The third-order valence-electron chi connectivity index (χ3n) is 4.99. The van der Waals surface area contributed by atoms with E-state index in [-0.39, 0.29) is 17.7 Å². The molecule has 26 heavy (non-hydrogen) atoms. The highest BCUT2D eigenvalue weighted by molar-refractivity contribution is 5.96. The number of fused-ring (bicyclic) bond motifs is 1. The van der Waals surface area contributed by atoms with E-state index >= 15 is 0 Å². The third-order valence-corrected chi connectivity index (χ3v) is 4.99. The van der Waals surface area contributed by atoms with Gasteiger partial charge in [0.2, 0.25) is 5.91 Å². The lowest BCUT2D eigenvalue weighted by molar-refractivity contribution is -0.117. The summed E-state index contributed by atoms with van der Waals surface area (Å²) in [4.78, 5) is 26.5. The van der Waals surface area contributed by atoms with Crippen LogP contribution in [0.4, 0.5) is 5.69 Å². The number of ether oxygens (including phenoxy) is 1. The zero-order valence-corrected chi connectivity index (χ0v) is 14.6. The fourth-order valence-electron chi connectivity index (χ4n) is 3.62. The number of amides is 2. The van der Waals surface area contributed by atoms with Crippen molar-refractivity contribution in [1.82, 2.24) is 5.32 Å². The lowest BCUT2D eigenvalue weighted by atomic mass is 10.0. The summed E-state index contributed by atoms with van der Waals surface area (Å²) in [6, 6.07) is 15.3. The number of anilines is 1. The van der Waals surface area contributed by atoms with E-state index in [4.69, 9.17) is 4.74 Å². The SMILES string of the molecule is O=C(NC[C@H]1CC(=O)N(c2ccccc2)C1)c1ccc2c(c1)CCCO2. The first kappa shape index (κ1) is 16.6. The van der Waals surface area contributed by atoms with Gasteiger partial charge in [-0.3, -0.25) is 9.59 Å². The molecule has 2 amide bonds. The summed E-state index contributed by atoms with van der Waals surface area (Å²) < 4.78 is 5.59. The van der Waals surface area contributed by atoms with E-state index in [9.17, 15) is 9.59 Å². The number of hydrogen-bond acceptors (Lipinski definition) is 3. The van der Waals surface area contributed by atoms with Gasteiger partial charge in [-0.1, -0.05) is 18.2 Å². The zero-order chi connectivity index (χ0) is 17.9. The minimum atomic E-state index is -0.0935. The van der Waals surface area contributed by atoms with Crippen molar-refractivity contribution < 1.29 is 14.3 Å². The van der Waals surface area contributed by atoms with Gasteiger partial charge in [-0.15, -0.1) is 0 Å². The molecule has 2 aliphatic rings. The summed E-state index contributed by atoms with van der Waals surface area (Å²) in [5, 5.41) is 2.98. The lowest BCUT2D eigenvalue weighted by Crippen LogP contribution is -2.31. The molecule has 5 nitrogen and oxygen atoms in total. The highest BCUT2D eigenvalue weighted by Gasteiger charge is 2.30. The van der Waals surface area contributed by atoms with Crippen LogP contribution >= 0.6 is 0 Å². The second-order valence-electron chi connectivity index (χ2n) is 6.89. The van der Waals surface area contributed by atoms with Gasteiger partial charge in [0.25, 0.3) is 5.91 Å². The average molecular weight is 350 g/mol. The van der Waals surface area contributed by atoms with E-state index in [1.165, 1.54) is 0 Å². The molecule has 0 aromatic heterocycles. The molecule has 2 heterocycles. The summed E-state index contributed by atoms with van der Waals surface area (Å²) in [6.07, 6.45) is 2.39. The van der Waals surface area contributed by atoms with E-state index in [0.29, 0.717) is 25.1 Å². The van der Waals surface area contributed by atoms with Crippen LogP contribution in [0.15, 0.2) is 48.5 Å². The van der Waals surface area contributed by atoms with Crippen LogP contribution in [-0.2, 0) is 11.2 Å². The maximum Gasteiger partial charge on any atom is 0.251 e. The molecule has 2 aromatic carbocycles. The van der Waals surface area contributed by atoms with Crippen molar-refractivity contribution in [2.45, 2.75) is 19.3 Å². The van der Waals surface area contributed by atoms with Gasteiger partial charge in [0.05, 0.1) is 6.61 Å². The second-order valence-corrected chi connectivity index (χ2v) is 6.89. The number of benzene rings is 2. The van der Waals surface area contributed by atoms with Gasteiger partial charge in [-0.25, -0.2) is 0 Å². The Kier molecular flexibility index (Phi) is 4.61. The largest absolute Gasteiger partial charge is 0.493 e. The van der Waals surface area contributed by atoms with Crippen molar-refractivity contribution in [3.8, 4) is 5.75 Å². The highest BCUT2D eigenvalue weighted by atomic mass is 16.5. The molecular weight excluding hydrogens is 328 g/mol. The van der Waals surface area contributed by atoms with Crippen LogP contribution in [0.1, 0.15) is 28.8 Å². The molecule has 0 radical (unpaired) electrons. The van der Waals surface area contributed by atoms with Crippen LogP contribution in [-0.4, -0.2) is 31.5 Å². The first-order valence-corrected chi connectivity index (χ1v) is 9.10. The van der Waals surface area contributed by atoms with Gasteiger partial charge < -0.3 is 15.0 Å². The van der Waals surface area contributed by atoms with Gasteiger partial charge in [-0.05, 0) is 48.7 Å². The van der Waals surface area contributed by atoms with Gasteiger partial charge in [-0.2, -0.15) is 0 Å². The molecule has 0 saturated carbocycles. The summed E-state index contributed by atoms with van der Waals surface area (Å²) in [6.45, 7) is 1.88. The van der Waals surface area contributed by atoms with Crippen LogP contribution in [0.25, 0.3) is 0 Å². The van der Waals surface area contributed by atoms with Crippen LogP contribution < -0.4 is 15.0 Å². The van der Waals surface area contributed by atoms with Crippen molar-refractivity contribution in [3.05, 3.63) is 59.7 Å². The van der Waals surface area contributed by atoms with Crippen LogP contribution in [0.3, 0.4) is 0 Å². The Morgan fingerprint density at radius 3 is 2.88 bits per heavy atom. The van der Waals surface area contributed by atoms with E-state index in [2.05, 4.69) is 5.32 Å². The molecule has 2 aromatic rings. The number of rotatable bonds is 4. The topological polar surface area (TPSA) is 58.6 Å². The van der Waals surface area contributed by atoms with Crippen molar-refractivity contribution in [2.75, 3.05) is 24.6 Å². The molecule has 1 N–H and O–H groups in total. The van der Waals surface area contributed by atoms with E-state index in [1.807, 2.05) is 42.5 Å². The van der Waals surface area contributed by atoms with Crippen LogP contribution in [0.5, 0.6) is 5.75 Å². The fraction of sp³-hybridized carbons (Fsp3) is 0.333. The highest BCUT2D eigenvalue weighted by Crippen LogP contribution is 2.26. The zero-order valence-electron chi connectivity index (χ0n) is 14.6. The number of carbonyl (C=O) groups excluding carboxylic acids is 2. The maximum absolute atomic E-state index is 12.5. The number of aryl methyl sites for hydroxylation is 1. The number of nitrogens with one attached hydrogen (secondary N) is 1. The molecule has 2 aliphatic heterocycles. The number of nitrogens with zero attached hydrogens (tertiary/aromatic N) is 1. The minimum Gasteiger partial charge on any atom is -0.493 e. The van der Waals surface area contributed by atoms with Gasteiger partial charge >= 0.3 is 0 Å². The molecule has 0 aliphatic carbocycles. The Morgan fingerprint density at radius 1 is 1.19 bits per heavy atom. The van der Waals surface area contributed by atoms with Crippen molar-refractivity contribution in [1.29, 1.82) is 0 Å². The Hall–Kier alpha value is -2.82. The Morgan fingerprint density at radius 2 is 2.04 bits per heavy atom. The van der Waals surface area contributed by atoms with Crippen molar-refractivity contribution in [3.63, 3.8) is 0 Å². The maximum atomic E-state index is 12.5. The molecular formula is C21H22N2O3. The fourth-order valence-corrected chi connectivity index (χ4v) is 3.62. The third kappa shape index (κ3) is 3.43. The summed E-state index contributed by atoms with van der Waals surface area (Å²) in [5.74, 6) is 1.03. The molecule has 1 fully saturated rings. The number of hydrogen-bond donors (Lipinski definition) is 1. The van der Waals surface area contributed by atoms with E-state index < -0.39 is 0 Å². The molecule has 134 valence electrons. The Bertz CT molecular complexity index is 819. The summed E-state index contributed by atoms with van der Waals surface area (Å²) in [7, 11) is 0. The first-order chi connectivity index (χ1) is 12.7. The van der Waals surface area contributed by atoms with Crippen LogP contribution in [0.2, 0.25) is 0 Å². The monoisotopic (exact) mass is 350 g/mol. The number of para-hydroxylation sites is 1. The Labute approximate surface area is 153 Å². The van der Waals surface area contributed by atoms with Crippen LogP contribution in [0, 0.1) is 5.92 Å². The van der Waals surface area contributed by atoms with E-state index in [0.717, 1.165) is 36.4 Å². The van der Waals surface area contributed by atoms with Gasteiger partial charge in [0, 0.05) is 36.7 Å². The quantitative estimate of drug-likeness (QED) is 0.922. The molecule has 4 rings (SSSR count). The number of carbonyl (C=O) groups is 2. The Balaban J connectivity index is 1.36. The van der Waals surface area contributed by atoms with Gasteiger partial charge in [0.1, 0.15) is 5.75 Å². The average Bonchev–Trinajstić information content (AvgIpc) is 3.07. The first-order valence-electron chi connectivity index (χ1n) is 9.10. The van der Waals surface area contributed by atoms with Gasteiger partial charge in [0.15, 0.2) is 0 Å². The van der Waals surface area contributed by atoms with Crippen molar-refractivity contribution in [2.24, 2.45) is 5.92 Å². The minimum absolute atomic E-state index is 0.0935. The molecule has 5 heteroatoms. The summed E-state index contributed by atoms with van der Waals surface area (Å²) >= 11 is 0. The smallest absolute Gasteiger partial charge is 0.251 e. The standard InChI is InChI=1S/C21H22N2O3/c24-20-11-15(14-23(20)18-6-2-1-3-7-18)13-22-21(25)17-8-9-19-16(12-17)5-4-10-26-19/h1-3,6-9,12,15H,4-5,10-11,13-14H2,(H,22,25)/t15-/m1/s1. The van der Waals surface area contributed by atoms with E-state index in [1.54, 1.807) is 11.0 Å². The normalized spacial score (nSPS) is 19.0. The molecule has 1 atom stereocenters. The van der Waals surface area contributed by atoms with Crippen molar-refractivity contribution >= 4 is 17.5 Å². The second kappa shape index (κ2) is 7.20.